The Hall–Kier alpha value is -4.12. The lowest BCUT2D eigenvalue weighted by molar-refractivity contribution is -0.127. The van der Waals surface area contributed by atoms with E-state index in [-0.39, 0.29) is 5.41 Å². The molecule has 8 heteroatoms. The van der Waals surface area contributed by atoms with Crippen molar-refractivity contribution >= 4 is 39.2 Å². The SMILES string of the molecule is Cc1cc(N2CC3(COC3)C2)c(C#N)cc1-n1c(=N)n(C)c2cnc3ccc(-c4ccc(Cl)cc4)cc3c21. The number of hydrogen-bond acceptors (Lipinski definition) is 5. The fraction of sp³-hybridized carbons (Fsp3) is 0.233. The summed E-state index contributed by atoms with van der Waals surface area (Å²) in [6.07, 6.45) is 1.82. The normalized spacial score (nSPS) is 16.0. The summed E-state index contributed by atoms with van der Waals surface area (Å²) >= 11 is 6.12. The van der Waals surface area contributed by atoms with Crippen LogP contribution in [0.5, 0.6) is 0 Å². The van der Waals surface area contributed by atoms with Gasteiger partial charge in [-0.15, -0.1) is 0 Å². The first-order valence-electron chi connectivity index (χ1n) is 12.6. The Morgan fingerprint density at radius 1 is 1.03 bits per heavy atom. The average molecular weight is 521 g/mol. The third kappa shape index (κ3) is 3.31. The fourth-order valence-corrected chi connectivity index (χ4v) is 5.98. The van der Waals surface area contributed by atoms with Crippen molar-refractivity contribution in [2.75, 3.05) is 31.2 Å². The van der Waals surface area contributed by atoms with Crippen molar-refractivity contribution in [2.24, 2.45) is 12.5 Å². The number of nitriles is 1. The maximum Gasteiger partial charge on any atom is 0.207 e. The zero-order chi connectivity index (χ0) is 26.2. The van der Waals surface area contributed by atoms with E-state index in [2.05, 4.69) is 36.1 Å². The van der Waals surface area contributed by atoms with E-state index in [4.69, 9.17) is 26.7 Å². The quantitative estimate of drug-likeness (QED) is 0.348. The number of anilines is 1. The van der Waals surface area contributed by atoms with Crippen LogP contribution in [0.2, 0.25) is 5.02 Å². The van der Waals surface area contributed by atoms with Crippen molar-refractivity contribution < 1.29 is 4.74 Å². The van der Waals surface area contributed by atoms with Crippen LogP contribution in [0.3, 0.4) is 0 Å². The van der Waals surface area contributed by atoms with Crippen molar-refractivity contribution in [1.29, 1.82) is 10.7 Å². The Bertz CT molecular complexity index is 1870. The number of rotatable bonds is 3. The number of aryl methyl sites for hydroxylation is 2. The summed E-state index contributed by atoms with van der Waals surface area (Å²) in [5.74, 6) is 0. The van der Waals surface area contributed by atoms with Gasteiger partial charge in [-0.25, -0.2) is 0 Å². The van der Waals surface area contributed by atoms with E-state index in [0.29, 0.717) is 16.2 Å². The molecule has 0 bridgehead atoms. The van der Waals surface area contributed by atoms with Gasteiger partial charge >= 0.3 is 0 Å². The minimum Gasteiger partial charge on any atom is -0.380 e. The predicted molar refractivity (Wildman–Crippen MR) is 149 cm³/mol. The maximum atomic E-state index is 10.1. The summed E-state index contributed by atoms with van der Waals surface area (Å²) in [6, 6.07) is 20.4. The molecule has 2 fully saturated rings. The van der Waals surface area contributed by atoms with Gasteiger partial charge in [-0.1, -0.05) is 29.8 Å². The first kappa shape index (κ1) is 23.0. The third-order valence-electron chi connectivity index (χ3n) is 8.00. The number of nitrogens with zero attached hydrogens (tertiary/aromatic N) is 5. The van der Waals surface area contributed by atoms with Crippen LogP contribution in [0.4, 0.5) is 5.69 Å². The van der Waals surface area contributed by atoms with Gasteiger partial charge in [0.2, 0.25) is 5.62 Å². The summed E-state index contributed by atoms with van der Waals surface area (Å²) in [5.41, 5.74) is 8.67. The molecule has 7 nitrogen and oxygen atoms in total. The van der Waals surface area contributed by atoms with Gasteiger partial charge in [0.15, 0.2) is 0 Å². The van der Waals surface area contributed by atoms with E-state index in [9.17, 15) is 5.26 Å². The van der Waals surface area contributed by atoms with Gasteiger partial charge in [0, 0.05) is 30.5 Å². The standard InChI is InChI=1S/C30H25ClN6O/c1-18-9-26(36-14-30(15-36)16-38-17-30)21(12-32)11-25(18)37-28-23-10-20(19-3-6-22(31)7-4-19)5-8-24(23)34-13-27(28)35(2)29(37)33/h3-11,13,33H,14-17H2,1-2H3. The van der Waals surface area contributed by atoms with E-state index in [1.165, 1.54) is 0 Å². The fourth-order valence-electron chi connectivity index (χ4n) is 5.86. The second kappa shape index (κ2) is 8.19. The summed E-state index contributed by atoms with van der Waals surface area (Å²) < 4.78 is 9.21. The van der Waals surface area contributed by atoms with Crippen LogP contribution in [0.15, 0.2) is 60.8 Å². The van der Waals surface area contributed by atoms with Gasteiger partial charge in [0.25, 0.3) is 0 Å². The summed E-state index contributed by atoms with van der Waals surface area (Å²) in [7, 11) is 1.88. The molecule has 2 aliphatic heterocycles. The lowest BCUT2D eigenvalue weighted by atomic mass is 9.77. The van der Waals surface area contributed by atoms with Crippen molar-refractivity contribution in [3.05, 3.63) is 82.6 Å². The lowest BCUT2D eigenvalue weighted by Crippen LogP contribution is -2.66. The summed E-state index contributed by atoms with van der Waals surface area (Å²) in [6.45, 7) is 5.48. The number of hydrogen-bond donors (Lipinski definition) is 1. The molecule has 188 valence electrons. The van der Waals surface area contributed by atoms with Gasteiger partial charge in [-0.2, -0.15) is 5.26 Å². The molecule has 1 N–H and O–H groups in total. The highest BCUT2D eigenvalue weighted by Crippen LogP contribution is 2.42. The Morgan fingerprint density at radius 2 is 1.76 bits per heavy atom. The molecule has 38 heavy (non-hydrogen) atoms. The molecule has 0 amide bonds. The monoisotopic (exact) mass is 520 g/mol. The average Bonchev–Trinajstić information content (AvgIpc) is 3.13. The highest BCUT2D eigenvalue weighted by Gasteiger charge is 2.49. The molecule has 0 atom stereocenters. The molecule has 5 aromatic rings. The number of benzene rings is 3. The molecule has 7 rings (SSSR count). The van der Waals surface area contributed by atoms with E-state index < -0.39 is 0 Å². The number of pyridine rings is 1. The van der Waals surface area contributed by atoms with Crippen molar-refractivity contribution in [3.8, 4) is 22.9 Å². The van der Waals surface area contributed by atoms with E-state index in [0.717, 1.165) is 76.3 Å². The van der Waals surface area contributed by atoms with Crippen LogP contribution < -0.4 is 10.5 Å². The molecule has 0 unspecified atom stereocenters. The Balaban J connectivity index is 1.43. The van der Waals surface area contributed by atoms with Crippen LogP contribution in [-0.2, 0) is 11.8 Å². The Morgan fingerprint density at radius 3 is 2.45 bits per heavy atom. The summed E-state index contributed by atoms with van der Waals surface area (Å²) in [4.78, 5) is 6.97. The van der Waals surface area contributed by atoms with Crippen molar-refractivity contribution in [1.82, 2.24) is 14.1 Å². The third-order valence-corrected chi connectivity index (χ3v) is 8.25. The largest absolute Gasteiger partial charge is 0.380 e. The minimum atomic E-state index is 0.256. The van der Waals surface area contributed by atoms with Crippen LogP contribution in [-0.4, -0.2) is 40.4 Å². The molecule has 3 aromatic carbocycles. The van der Waals surface area contributed by atoms with Gasteiger partial charge in [0.1, 0.15) is 6.07 Å². The number of aromatic nitrogens is 3. The number of nitrogens with one attached hydrogen (secondary N) is 1. The Kier molecular flexibility index (Phi) is 4.96. The van der Waals surface area contributed by atoms with E-state index >= 15 is 0 Å². The highest BCUT2D eigenvalue weighted by atomic mass is 35.5. The molecular weight excluding hydrogens is 496 g/mol. The summed E-state index contributed by atoms with van der Waals surface area (Å²) in [5, 5.41) is 20.8. The number of fused-ring (bicyclic) bond motifs is 3. The number of ether oxygens (including phenoxy) is 1. The molecule has 2 aromatic heterocycles. The topological polar surface area (TPSA) is 82.9 Å². The van der Waals surface area contributed by atoms with Gasteiger partial charge < -0.3 is 14.2 Å². The number of halogens is 1. The molecule has 0 radical (unpaired) electrons. The van der Waals surface area contributed by atoms with Gasteiger partial charge in [-0.3, -0.25) is 15.0 Å². The molecule has 2 saturated heterocycles. The number of imidazole rings is 1. The van der Waals surface area contributed by atoms with Crippen LogP contribution >= 0.6 is 11.6 Å². The van der Waals surface area contributed by atoms with E-state index in [1.54, 1.807) is 0 Å². The van der Waals surface area contributed by atoms with Crippen LogP contribution in [0.1, 0.15) is 11.1 Å². The second-order valence-corrected chi connectivity index (χ2v) is 11.0. The second-order valence-electron chi connectivity index (χ2n) is 10.6. The van der Waals surface area contributed by atoms with E-state index in [1.807, 2.05) is 58.8 Å². The lowest BCUT2D eigenvalue weighted by Gasteiger charge is -2.56. The minimum absolute atomic E-state index is 0.256. The van der Waals surface area contributed by atoms with Gasteiger partial charge in [0.05, 0.1) is 58.3 Å². The first-order valence-corrected chi connectivity index (χ1v) is 12.9. The maximum absolute atomic E-state index is 10.1. The first-order chi connectivity index (χ1) is 18.4. The molecule has 0 saturated carbocycles. The molecule has 1 spiro atoms. The zero-order valence-corrected chi connectivity index (χ0v) is 21.9. The molecule has 4 heterocycles. The predicted octanol–water partition coefficient (Wildman–Crippen LogP) is 5.33. The zero-order valence-electron chi connectivity index (χ0n) is 21.1. The van der Waals surface area contributed by atoms with Crippen LogP contribution in [0.25, 0.3) is 38.8 Å². The highest BCUT2D eigenvalue weighted by molar-refractivity contribution is 6.30. The smallest absolute Gasteiger partial charge is 0.207 e. The van der Waals surface area contributed by atoms with Gasteiger partial charge in [-0.05, 0) is 60.0 Å². The van der Waals surface area contributed by atoms with Crippen molar-refractivity contribution in [2.45, 2.75) is 6.92 Å². The molecule has 0 aliphatic carbocycles. The molecule has 2 aliphatic rings. The van der Waals surface area contributed by atoms with Crippen molar-refractivity contribution in [3.63, 3.8) is 0 Å². The van der Waals surface area contributed by atoms with Crippen LogP contribution in [0, 0.1) is 29.1 Å². The molecular formula is C30H25ClN6O. The Labute approximate surface area is 224 Å².